The Balaban J connectivity index is 1.39. The summed E-state index contributed by atoms with van der Waals surface area (Å²) in [5.74, 6) is 1.63. The molecule has 0 aliphatic carbocycles. The lowest BCUT2D eigenvalue weighted by Crippen LogP contribution is -2.49. The second kappa shape index (κ2) is 7.37. The first kappa shape index (κ1) is 19.0. The summed E-state index contributed by atoms with van der Waals surface area (Å²) >= 11 is 1.79. The van der Waals surface area contributed by atoms with Gasteiger partial charge in [-0.05, 0) is 67.5 Å². The zero-order chi connectivity index (χ0) is 20.0. The van der Waals surface area contributed by atoms with Gasteiger partial charge in [0.25, 0.3) is 0 Å². The van der Waals surface area contributed by atoms with E-state index >= 15 is 0 Å². The van der Waals surface area contributed by atoms with Crippen LogP contribution in [0.25, 0.3) is 0 Å². The number of likely N-dealkylation sites (tertiary alicyclic amines) is 1. The van der Waals surface area contributed by atoms with Gasteiger partial charge in [0.05, 0.1) is 7.11 Å². The second-order valence-corrected chi connectivity index (χ2v) is 9.36. The zero-order valence-corrected chi connectivity index (χ0v) is 18.0. The van der Waals surface area contributed by atoms with Crippen LogP contribution in [0.3, 0.4) is 0 Å². The number of thioether (sulfide) groups is 1. The average Bonchev–Trinajstić information content (AvgIpc) is 3.39. The monoisotopic (exact) mass is 408 g/mol. The molecule has 0 aromatic heterocycles. The summed E-state index contributed by atoms with van der Waals surface area (Å²) < 4.78 is 5.26. The van der Waals surface area contributed by atoms with Crippen LogP contribution in [0.1, 0.15) is 36.4 Å². The van der Waals surface area contributed by atoms with Crippen molar-refractivity contribution < 1.29 is 9.53 Å². The molecule has 4 nitrogen and oxygen atoms in total. The van der Waals surface area contributed by atoms with E-state index in [1.165, 1.54) is 16.0 Å². The Kier molecular flexibility index (Phi) is 4.83. The van der Waals surface area contributed by atoms with Gasteiger partial charge in [0.2, 0.25) is 5.91 Å². The Hall–Kier alpha value is -1.98. The van der Waals surface area contributed by atoms with Crippen molar-refractivity contribution in [1.82, 2.24) is 9.80 Å². The van der Waals surface area contributed by atoms with E-state index in [0.717, 1.165) is 38.1 Å². The maximum atomic E-state index is 13.7. The van der Waals surface area contributed by atoms with Crippen LogP contribution in [0.4, 0.5) is 0 Å². The van der Waals surface area contributed by atoms with E-state index in [-0.39, 0.29) is 5.54 Å². The highest BCUT2D eigenvalue weighted by Crippen LogP contribution is 2.56. The number of amides is 1. The third-order valence-corrected chi connectivity index (χ3v) is 7.86. The molecule has 3 aliphatic rings. The highest BCUT2D eigenvalue weighted by atomic mass is 32.2. The molecular formula is C24H28N2O2S. The number of hydrogen-bond acceptors (Lipinski definition) is 4. The van der Waals surface area contributed by atoms with E-state index in [1.807, 2.05) is 12.1 Å². The average molecular weight is 409 g/mol. The van der Waals surface area contributed by atoms with Crippen LogP contribution in [0.15, 0.2) is 53.4 Å². The van der Waals surface area contributed by atoms with Crippen LogP contribution in [0.2, 0.25) is 0 Å². The molecule has 3 saturated heterocycles. The summed E-state index contributed by atoms with van der Waals surface area (Å²) in [5.41, 5.74) is 2.28. The van der Waals surface area contributed by atoms with E-state index in [0.29, 0.717) is 24.4 Å². The molecule has 0 N–H and O–H groups in total. The van der Waals surface area contributed by atoms with Crippen LogP contribution in [-0.2, 0) is 11.3 Å². The van der Waals surface area contributed by atoms with E-state index in [4.69, 9.17) is 4.74 Å². The summed E-state index contributed by atoms with van der Waals surface area (Å²) in [4.78, 5) is 19.6. The first-order valence-electron chi connectivity index (χ1n) is 10.5. The zero-order valence-electron chi connectivity index (χ0n) is 17.1. The molecule has 0 unspecified atom stereocenters. The van der Waals surface area contributed by atoms with E-state index in [9.17, 15) is 4.79 Å². The standard InChI is InChI=1S/C24H28N2O2S/c1-28-20-9-7-17(8-10-20)15-25-16-19-14-22(18-5-3-6-21(13-18)29-2)26-12-4-11-24(19,26)23(25)27/h3,5-10,13,19,22H,4,11-12,14-16H2,1-2H3/t19-,22-,24-/m0/s1. The van der Waals surface area contributed by atoms with Crippen LogP contribution in [0.5, 0.6) is 5.75 Å². The Morgan fingerprint density at radius 2 is 2.03 bits per heavy atom. The lowest BCUT2D eigenvalue weighted by molar-refractivity contribution is -0.137. The molecule has 3 atom stereocenters. The molecule has 1 amide bonds. The van der Waals surface area contributed by atoms with Gasteiger partial charge in [-0.3, -0.25) is 9.69 Å². The van der Waals surface area contributed by atoms with Gasteiger partial charge in [-0.1, -0.05) is 24.3 Å². The number of carbonyl (C=O) groups is 1. The minimum atomic E-state index is -0.271. The van der Waals surface area contributed by atoms with Crippen LogP contribution in [-0.4, -0.2) is 47.7 Å². The molecule has 0 radical (unpaired) electrons. The highest BCUT2D eigenvalue weighted by molar-refractivity contribution is 7.98. The third kappa shape index (κ3) is 2.98. The van der Waals surface area contributed by atoms with Gasteiger partial charge < -0.3 is 9.64 Å². The normalized spacial score (nSPS) is 28.6. The molecule has 5 heteroatoms. The summed E-state index contributed by atoms with van der Waals surface area (Å²) in [6.07, 6.45) is 5.34. The van der Waals surface area contributed by atoms with Gasteiger partial charge in [-0.2, -0.15) is 0 Å². The van der Waals surface area contributed by atoms with Crippen molar-refractivity contribution in [2.45, 2.75) is 42.3 Å². The second-order valence-electron chi connectivity index (χ2n) is 8.48. The molecule has 1 spiro atoms. The minimum Gasteiger partial charge on any atom is -0.497 e. The quantitative estimate of drug-likeness (QED) is 0.689. The van der Waals surface area contributed by atoms with Gasteiger partial charge in [-0.25, -0.2) is 0 Å². The van der Waals surface area contributed by atoms with Crippen LogP contribution >= 0.6 is 11.8 Å². The molecule has 0 bridgehead atoms. The Morgan fingerprint density at radius 3 is 2.79 bits per heavy atom. The van der Waals surface area contributed by atoms with Crippen molar-refractivity contribution in [3.05, 3.63) is 59.7 Å². The summed E-state index contributed by atoms with van der Waals surface area (Å²) in [7, 11) is 1.68. The maximum Gasteiger partial charge on any atom is 0.243 e. The van der Waals surface area contributed by atoms with Gasteiger partial charge in [0.15, 0.2) is 0 Å². The Labute approximate surface area is 177 Å². The van der Waals surface area contributed by atoms with Crippen molar-refractivity contribution in [3.8, 4) is 5.75 Å². The van der Waals surface area contributed by atoms with Crippen LogP contribution < -0.4 is 4.74 Å². The number of rotatable bonds is 5. The molecule has 5 rings (SSSR count). The van der Waals surface area contributed by atoms with Gasteiger partial charge >= 0.3 is 0 Å². The largest absolute Gasteiger partial charge is 0.497 e. The highest BCUT2D eigenvalue weighted by Gasteiger charge is 2.65. The summed E-state index contributed by atoms with van der Waals surface area (Å²) in [6, 6.07) is 17.4. The molecule has 152 valence electrons. The Morgan fingerprint density at radius 1 is 1.21 bits per heavy atom. The fourth-order valence-electron chi connectivity index (χ4n) is 5.83. The molecular weight excluding hydrogens is 380 g/mol. The number of hydrogen-bond donors (Lipinski definition) is 0. The first-order chi connectivity index (χ1) is 14.2. The smallest absolute Gasteiger partial charge is 0.243 e. The lowest BCUT2D eigenvalue weighted by atomic mass is 9.85. The van der Waals surface area contributed by atoms with Gasteiger partial charge in [0, 0.05) is 29.9 Å². The number of methoxy groups -OCH3 is 1. The summed E-state index contributed by atoms with van der Waals surface area (Å²) in [6.45, 7) is 2.61. The van der Waals surface area contributed by atoms with Crippen molar-refractivity contribution in [2.24, 2.45) is 5.92 Å². The molecule has 3 aliphatic heterocycles. The molecule has 29 heavy (non-hydrogen) atoms. The maximum absolute atomic E-state index is 13.7. The predicted octanol–water partition coefficient (Wildman–Crippen LogP) is 4.36. The van der Waals surface area contributed by atoms with E-state index in [1.54, 1.807) is 18.9 Å². The van der Waals surface area contributed by atoms with Crippen molar-refractivity contribution in [2.75, 3.05) is 26.5 Å². The lowest BCUT2D eigenvalue weighted by Gasteiger charge is -2.33. The van der Waals surface area contributed by atoms with Gasteiger partial charge in [-0.15, -0.1) is 11.8 Å². The van der Waals surface area contributed by atoms with E-state index < -0.39 is 0 Å². The van der Waals surface area contributed by atoms with Crippen molar-refractivity contribution >= 4 is 17.7 Å². The minimum absolute atomic E-state index is 0.271. The predicted molar refractivity (Wildman–Crippen MR) is 116 cm³/mol. The topological polar surface area (TPSA) is 32.8 Å². The van der Waals surface area contributed by atoms with Crippen molar-refractivity contribution in [1.29, 1.82) is 0 Å². The number of ether oxygens (including phenoxy) is 1. The number of nitrogens with zero attached hydrogens (tertiary/aromatic N) is 2. The fraction of sp³-hybridized carbons (Fsp3) is 0.458. The first-order valence-corrected chi connectivity index (χ1v) is 11.7. The summed E-state index contributed by atoms with van der Waals surface area (Å²) in [5, 5.41) is 0. The molecule has 2 aromatic rings. The molecule has 0 saturated carbocycles. The van der Waals surface area contributed by atoms with Crippen molar-refractivity contribution in [3.63, 3.8) is 0 Å². The number of carbonyl (C=O) groups excluding carboxylic acids is 1. The third-order valence-electron chi connectivity index (χ3n) is 7.14. The molecule has 2 aromatic carbocycles. The van der Waals surface area contributed by atoms with Gasteiger partial charge in [0.1, 0.15) is 11.3 Å². The SMILES string of the molecule is COc1ccc(CN2C[C@@H]3C[C@@H](c4cccc(SC)c4)N4CCC[C@@]34C2=O)cc1. The van der Waals surface area contributed by atoms with E-state index in [2.05, 4.69) is 52.5 Å². The fourth-order valence-corrected chi connectivity index (χ4v) is 6.30. The molecule has 3 heterocycles. The molecule has 3 fully saturated rings. The number of benzene rings is 2. The van der Waals surface area contributed by atoms with Crippen LogP contribution in [0, 0.1) is 5.92 Å². The Bertz CT molecular complexity index is 915.